The standard InChI is InChI=1S/C22H23N3O2S/c1-16-15-17(4-9-20(16)22(26)25-10-12-27-13-11-25)3-2-14-28-19-7-5-18(6-8-19)21(23)24/h4-9,15H,10-14H2,1H3,(H3,23,24). The van der Waals surface area contributed by atoms with E-state index in [4.69, 9.17) is 15.9 Å². The average Bonchev–Trinajstić information content (AvgIpc) is 2.72. The van der Waals surface area contributed by atoms with Crippen molar-refractivity contribution in [1.82, 2.24) is 4.90 Å². The number of hydrogen-bond acceptors (Lipinski definition) is 4. The van der Waals surface area contributed by atoms with Gasteiger partial charge < -0.3 is 15.4 Å². The van der Waals surface area contributed by atoms with Gasteiger partial charge in [-0.05, 0) is 42.8 Å². The van der Waals surface area contributed by atoms with Crippen LogP contribution < -0.4 is 5.73 Å². The molecule has 0 unspecified atom stereocenters. The van der Waals surface area contributed by atoms with Gasteiger partial charge in [-0.1, -0.05) is 24.0 Å². The summed E-state index contributed by atoms with van der Waals surface area (Å²) in [5.41, 5.74) is 8.75. The highest BCUT2D eigenvalue weighted by molar-refractivity contribution is 7.99. The summed E-state index contributed by atoms with van der Waals surface area (Å²) >= 11 is 1.63. The van der Waals surface area contributed by atoms with Crippen LogP contribution in [0.1, 0.15) is 27.0 Å². The smallest absolute Gasteiger partial charge is 0.254 e. The van der Waals surface area contributed by atoms with Crippen molar-refractivity contribution < 1.29 is 9.53 Å². The molecule has 2 aromatic carbocycles. The molecule has 3 rings (SSSR count). The number of amidine groups is 1. The molecule has 28 heavy (non-hydrogen) atoms. The minimum absolute atomic E-state index is 0.0601. The zero-order valence-corrected chi connectivity index (χ0v) is 16.6. The van der Waals surface area contributed by atoms with E-state index < -0.39 is 0 Å². The van der Waals surface area contributed by atoms with E-state index in [9.17, 15) is 4.79 Å². The summed E-state index contributed by atoms with van der Waals surface area (Å²) in [5.74, 6) is 7.11. The van der Waals surface area contributed by atoms with Crippen LogP contribution in [0.25, 0.3) is 0 Å². The Balaban J connectivity index is 1.58. The largest absolute Gasteiger partial charge is 0.384 e. The lowest BCUT2D eigenvalue weighted by atomic mass is 10.0. The van der Waals surface area contributed by atoms with E-state index in [1.165, 1.54) is 0 Å². The molecule has 6 heteroatoms. The van der Waals surface area contributed by atoms with Crippen LogP contribution in [-0.4, -0.2) is 48.7 Å². The highest BCUT2D eigenvalue weighted by Crippen LogP contribution is 2.18. The summed E-state index contributed by atoms with van der Waals surface area (Å²) in [6.07, 6.45) is 0. The Labute approximate surface area is 169 Å². The summed E-state index contributed by atoms with van der Waals surface area (Å²) in [7, 11) is 0. The first-order chi connectivity index (χ1) is 13.5. The number of carbonyl (C=O) groups excluding carboxylic acids is 1. The van der Waals surface area contributed by atoms with Crippen molar-refractivity contribution in [2.75, 3.05) is 32.1 Å². The van der Waals surface area contributed by atoms with Crippen LogP contribution in [0.3, 0.4) is 0 Å². The van der Waals surface area contributed by atoms with Gasteiger partial charge in [-0.2, -0.15) is 0 Å². The number of benzene rings is 2. The molecule has 1 aliphatic rings. The maximum absolute atomic E-state index is 12.6. The summed E-state index contributed by atoms with van der Waals surface area (Å²) in [4.78, 5) is 15.5. The summed E-state index contributed by atoms with van der Waals surface area (Å²) < 4.78 is 5.31. The van der Waals surface area contributed by atoms with Crippen molar-refractivity contribution in [2.24, 2.45) is 5.73 Å². The number of carbonyl (C=O) groups is 1. The Morgan fingerprint density at radius 3 is 2.57 bits per heavy atom. The Morgan fingerprint density at radius 1 is 1.21 bits per heavy atom. The van der Waals surface area contributed by atoms with Gasteiger partial charge in [-0.15, -0.1) is 11.8 Å². The van der Waals surface area contributed by atoms with Gasteiger partial charge in [-0.25, -0.2) is 0 Å². The normalized spacial score (nSPS) is 13.5. The van der Waals surface area contributed by atoms with Gasteiger partial charge in [0.15, 0.2) is 0 Å². The van der Waals surface area contributed by atoms with E-state index in [0.29, 0.717) is 32.1 Å². The topological polar surface area (TPSA) is 79.4 Å². The quantitative estimate of drug-likeness (QED) is 0.362. The van der Waals surface area contributed by atoms with E-state index in [1.54, 1.807) is 11.8 Å². The van der Waals surface area contributed by atoms with E-state index >= 15 is 0 Å². The SMILES string of the molecule is Cc1cc(C#CCSc2ccc(C(=N)N)cc2)ccc1C(=O)N1CCOCC1. The van der Waals surface area contributed by atoms with E-state index in [1.807, 2.05) is 54.3 Å². The third kappa shape index (κ3) is 5.16. The Morgan fingerprint density at radius 2 is 1.93 bits per heavy atom. The Kier molecular flexibility index (Phi) is 6.75. The zero-order chi connectivity index (χ0) is 19.9. The predicted octanol–water partition coefficient (Wildman–Crippen LogP) is 2.90. The maximum Gasteiger partial charge on any atom is 0.254 e. The number of ether oxygens (including phenoxy) is 1. The van der Waals surface area contributed by atoms with E-state index in [0.717, 1.165) is 27.1 Å². The molecule has 0 bridgehead atoms. The number of hydrogen-bond donors (Lipinski definition) is 2. The molecular formula is C22H23N3O2S. The number of amides is 1. The molecule has 0 spiro atoms. The number of rotatable bonds is 4. The molecule has 1 aliphatic heterocycles. The Bertz CT molecular complexity index is 923. The fraction of sp³-hybridized carbons (Fsp3) is 0.273. The van der Waals surface area contributed by atoms with Gasteiger partial charge in [0, 0.05) is 34.7 Å². The minimum atomic E-state index is 0.0601. The van der Waals surface area contributed by atoms with Gasteiger partial charge >= 0.3 is 0 Å². The molecule has 3 N–H and O–H groups in total. The molecule has 0 saturated carbocycles. The molecule has 5 nitrogen and oxygen atoms in total. The number of nitrogens with two attached hydrogens (primary N) is 1. The lowest BCUT2D eigenvalue weighted by Gasteiger charge is -2.27. The van der Waals surface area contributed by atoms with Crippen molar-refractivity contribution in [2.45, 2.75) is 11.8 Å². The predicted molar refractivity (Wildman–Crippen MR) is 113 cm³/mol. The van der Waals surface area contributed by atoms with Crippen molar-refractivity contribution >= 4 is 23.5 Å². The van der Waals surface area contributed by atoms with E-state index in [-0.39, 0.29) is 11.7 Å². The van der Waals surface area contributed by atoms with Crippen molar-refractivity contribution in [1.29, 1.82) is 5.41 Å². The van der Waals surface area contributed by atoms with E-state index in [2.05, 4.69) is 11.8 Å². The molecule has 0 aromatic heterocycles. The number of nitrogens with zero attached hydrogens (tertiary/aromatic N) is 1. The van der Waals surface area contributed by atoms with Crippen LogP contribution in [0, 0.1) is 24.2 Å². The third-order valence-electron chi connectivity index (χ3n) is 4.46. The summed E-state index contributed by atoms with van der Waals surface area (Å²) in [6, 6.07) is 13.3. The van der Waals surface area contributed by atoms with Gasteiger partial charge in [0.05, 0.1) is 19.0 Å². The fourth-order valence-corrected chi connectivity index (χ4v) is 3.55. The first-order valence-electron chi connectivity index (χ1n) is 9.08. The molecule has 1 saturated heterocycles. The summed E-state index contributed by atoms with van der Waals surface area (Å²) in [5, 5.41) is 7.41. The number of nitrogens with one attached hydrogen (secondary N) is 1. The molecule has 2 aromatic rings. The first-order valence-corrected chi connectivity index (χ1v) is 10.1. The Hall–Kier alpha value is -2.75. The first kappa shape index (κ1) is 20.0. The fourth-order valence-electron chi connectivity index (χ4n) is 2.91. The molecule has 1 heterocycles. The number of morpholine rings is 1. The molecule has 1 fully saturated rings. The third-order valence-corrected chi connectivity index (χ3v) is 5.36. The molecule has 1 amide bonds. The van der Waals surface area contributed by atoms with Crippen LogP contribution >= 0.6 is 11.8 Å². The lowest BCUT2D eigenvalue weighted by molar-refractivity contribution is 0.0302. The number of thioether (sulfide) groups is 1. The molecule has 0 aliphatic carbocycles. The van der Waals surface area contributed by atoms with Crippen molar-refractivity contribution in [3.8, 4) is 11.8 Å². The monoisotopic (exact) mass is 393 g/mol. The van der Waals surface area contributed by atoms with Crippen LogP contribution in [0.15, 0.2) is 47.4 Å². The second kappa shape index (κ2) is 9.45. The van der Waals surface area contributed by atoms with Gasteiger partial charge in [0.2, 0.25) is 0 Å². The van der Waals surface area contributed by atoms with Crippen LogP contribution in [0.2, 0.25) is 0 Å². The van der Waals surface area contributed by atoms with Crippen molar-refractivity contribution in [3.05, 3.63) is 64.7 Å². The van der Waals surface area contributed by atoms with Crippen LogP contribution in [0.5, 0.6) is 0 Å². The second-order valence-corrected chi connectivity index (χ2v) is 7.51. The van der Waals surface area contributed by atoms with Crippen LogP contribution in [-0.2, 0) is 4.74 Å². The van der Waals surface area contributed by atoms with Crippen LogP contribution in [0.4, 0.5) is 0 Å². The van der Waals surface area contributed by atoms with Crippen molar-refractivity contribution in [3.63, 3.8) is 0 Å². The molecule has 0 atom stereocenters. The number of nitrogen functional groups attached to an aromatic ring is 1. The molecule has 144 valence electrons. The zero-order valence-electron chi connectivity index (χ0n) is 15.8. The highest BCUT2D eigenvalue weighted by atomic mass is 32.2. The minimum Gasteiger partial charge on any atom is -0.384 e. The molecular weight excluding hydrogens is 370 g/mol. The summed E-state index contributed by atoms with van der Waals surface area (Å²) in [6.45, 7) is 4.44. The van der Waals surface area contributed by atoms with Gasteiger partial charge in [0.25, 0.3) is 5.91 Å². The van der Waals surface area contributed by atoms with Gasteiger partial charge in [-0.3, -0.25) is 10.2 Å². The highest BCUT2D eigenvalue weighted by Gasteiger charge is 2.19. The molecule has 0 radical (unpaired) electrons. The van der Waals surface area contributed by atoms with Gasteiger partial charge in [0.1, 0.15) is 5.84 Å². The second-order valence-electron chi connectivity index (χ2n) is 6.46. The number of aryl methyl sites for hydroxylation is 1. The maximum atomic E-state index is 12.6. The lowest BCUT2D eigenvalue weighted by Crippen LogP contribution is -2.40. The average molecular weight is 394 g/mol.